The Morgan fingerprint density at radius 3 is 2.38 bits per heavy atom. The van der Waals surface area contributed by atoms with Crippen molar-refractivity contribution >= 4 is 0 Å². The number of unbranched alkanes of at least 4 members (excludes halogenated alkanes) is 1. The summed E-state index contributed by atoms with van der Waals surface area (Å²) in [5.41, 5.74) is 0. The van der Waals surface area contributed by atoms with Crippen LogP contribution >= 0.6 is 0 Å². The number of hydrogen-bond acceptors (Lipinski definition) is 3. The third-order valence-corrected chi connectivity index (χ3v) is 3.77. The van der Waals surface area contributed by atoms with Crippen LogP contribution in [0.15, 0.2) is 0 Å². The Kier molecular flexibility index (Phi) is 7.01. The van der Waals surface area contributed by atoms with E-state index in [1.165, 1.54) is 52.0 Å². The van der Waals surface area contributed by atoms with Crippen molar-refractivity contribution in [2.45, 2.75) is 32.6 Å². The van der Waals surface area contributed by atoms with Gasteiger partial charge in [-0.25, -0.2) is 0 Å². The summed E-state index contributed by atoms with van der Waals surface area (Å²) in [6, 6.07) is 0. The molecule has 1 N–H and O–H groups in total. The van der Waals surface area contributed by atoms with Gasteiger partial charge in [0.15, 0.2) is 0 Å². The zero-order valence-corrected chi connectivity index (χ0v) is 11.0. The summed E-state index contributed by atoms with van der Waals surface area (Å²) >= 11 is 0. The molecule has 96 valence electrons. The third kappa shape index (κ3) is 5.28. The highest BCUT2D eigenvalue weighted by atomic mass is 16.3. The average molecular weight is 228 g/mol. The molecule has 1 rings (SSSR count). The molecule has 3 heteroatoms. The van der Waals surface area contributed by atoms with Gasteiger partial charge in [0.05, 0.1) is 0 Å². The van der Waals surface area contributed by atoms with E-state index in [1.807, 2.05) is 0 Å². The quantitative estimate of drug-likeness (QED) is 0.668. The molecule has 3 nitrogen and oxygen atoms in total. The fraction of sp³-hybridized carbons (Fsp3) is 1.00. The number of hydrogen-bond donors (Lipinski definition) is 1. The molecule has 0 aromatic heterocycles. The minimum atomic E-state index is 0.366. The SMILES string of the molecule is CCC(CO)CCCCN1CCN(C)CC1. The van der Waals surface area contributed by atoms with Crippen molar-refractivity contribution < 1.29 is 5.11 Å². The minimum absolute atomic E-state index is 0.366. The summed E-state index contributed by atoms with van der Waals surface area (Å²) in [6.07, 6.45) is 4.87. The normalized spacial score (nSPS) is 21.2. The lowest BCUT2D eigenvalue weighted by atomic mass is 10.0. The van der Waals surface area contributed by atoms with Crippen molar-refractivity contribution in [3.05, 3.63) is 0 Å². The first-order valence-electron chi connectivity index (χ1n) is 6.78. The van der Waals surface area contributed by atoms with Gasteiger partial charge in [-0.05, 0) is 32.4 Å². The van der Waals surface area contributed by atoms with Crippen LogP contribution in [0.4, 0.5) is 0 Å². The lowest BCUT2D eigenvalue weighted by Crippen LogP contribution is -2.44. The Balaban J connectivity index is 1.98. The van der Waals surface area contributed by atoms with Crippen LogP contribution < -0.4 is 0 Å². The lowest BCUT2D eigenvalue weighted by molar-refractivity contribution is 0.149. The monoisotopic (exact) mass is 228 g/mol. The van der Waals surface area contributed by atoms with Gasteiger partial charge in [0.2, 0.25) is 0 Å². The molecule has 0 spiro atoms. The predicted octanol–water partition coefficient (Wildman–Crippen LogP) is 1.42. The van der Waals surface area contributed by atoms with Gasteiger partial charge in [0, 0.05) is 32.8 Å². The topological polar surface area (TPSA) is 26.7 Å². The Bertz CT molecular complexity index is 163. The highest BCUT2D eigenvalue weighted by molar-refractivity contribution is 4.69. The maximum absolute atomic E-state index is 9.09. The second kappa shape index (κ2) is 8.04. The van der Waals surface area contributed by atoms with E-state index < -0.39 is 0 Å². The van der Waals surface area contributed by atoms with Gasteiger partial charge in [-0.15, -0.1) is 0 Å². The van der Waals surface area contributed by atoms with Gasteiger partial charge in [0.1, 0.15) is 0 Å². The third-order valence-electron chi connectivity index (χ3n) is 3.77. The number of rotatable bonds is 7. The fourth-order valence-electron chi connectivity index (χ4n) is 2.26. The first-order chi connectivity index (χ1) is 7.76. The molecule has 0 radical (unpaired) electrons. The highest BCUT2D eigenvalue weighted by Gasteiger charge is 2.13. The second-order valence-corrected chi connectivity index (χ2v) is 5.10. The number of nitrogens with zero attached hydrogens (tertiary/aromatic N) is 2. The van der Waals surface area contributed by atoms with Crippen molar-refractivity contribution in [3.8, 4) is 0 Å². The molecule has 1 atom stereocenters. The van der Waals surface area contributed by atoms with E-state index in [9.17, 15) is 0 Å². The van der Waals surface area contributed by atoms with Crippen LogP contribution in [0.3, 0.4) is 0 Å². The molecule has 16 heavy (non-hydrogen) atoms. The van der Waals surface area contributed by atoms with Crippen LogP contribution in [-0.4, -0.2) is 61.3 Å². The van der Waals surface area contributed by atoms with Crippen molar-refractivity contribution in [2.24, 2.45) is 5.92 Å². The summed E-state index contributed by atoms with van der Waals surface area (Å²) in [6.45, 7) is 8.67. The van der Waals surface area contributed by atoms with E-state index >= 15 is 0 Å². The van der Waals surface area contributed by atoms with E-state index in [2.05, 4.69) is 23.8 Å². The van der Waals surface area contributed by atoms with Crippen molar-refractivity contribution in [2.75, 3.05) is 46.4 Å². The maximum atomic E-state index is 9.09. The molecule has 1 saturated heterocycles. The van der Waals surface area contributed by atoms with E-state index in [-0.39, 0.29) is 0 Å². The van der Waals surface area contributed by atoms with Gasteiger partial charge in [-0.2, -0.15) is 0 Å². The van der Waals surface area contributed by atoms with E-state index in [4.69, 9.17) is 5.11 Å². The second-order valence-electron chi connectivity index (χ2n) is 5.10. The fourth-order valence-corrected chi connectivity index (χ4v) is 2.26. The van der Waals surface area contributed by atoms with Crippen LogP contribution in [0.5, 0.6) is 0 Å². The number of aliphatic hydroxyl groups is 1. The first-order valence-corrected chi connectivity index (χ1v) is 6.78. The molecular weight excluding hydrogens is 200 g/mol. The number of aliphatic hydroxyl groups excluding tert-OH is 1. The van der Waals surface area contributed by atoms with Gasteiger partial charge < -0.3 is 14.9 Å². The van der Waals surface area contributed by atoms with E-state index in [1.54, 1.807) is 0 Å². The average Bonchev–Trinajstić information content (AvgIpc) is 2.32. The highest BCUT2D eigenvalue weighted by Crippen LogP contribution is 2.12. The summed E-state index contributed by atoms with van der Waals surface area (Å²) in [5.74, 6) is 0.535. The molecule has 0 aromatic carbocycles. The van der Waals surface area contributed by atoms with Crippen LogP contribution in [0, 0.1) is 5.92 Å². The van der Waals surface area contributed by atoms with Gasteiger partial charge in [-0.1, -0.05) is 19.8 Å². The molecule has 0 saturated carbocycles. The van der Waals surface area contributed by atoms with Gasteiger partial charge in [0.25, 0.3) is 0 Å². The minimum Gasteiger partial charge on any atom is -0.396 e. The van der Waals surface area contributed by atoms with Crippen LogP contribution in [0.2, 0.25) is 0 Å². The smallest absolute Gasteiger partial charge is 0.0459 e. The molecule has 0 aliphatic carbocycles. The molecule has 0 bridgehead atoms. The summed E-state index contributed by atoms with van der Waals surface area (Å²) < 4.78 is 0. The number of likely N-dealkylation sites (N-methyl/N-ethyl adjacent to an activating group) is 1. The molecule has 0 amide bonds. The Morgan fingerprint density at radius 1 is 1.12 bits per heavy atom. The van der Waals surface area contributed by atoms with Crippen molar-refractivity contribution in [1.29, 1.82) is 0 Å². The first kappa shape index (κ1) is 13.9. The zero-order valence-electron chi connectivity index (χ0n) is 11.0. The summed E-state index contributed by atoms with van der Waals surface area (Å²) in [7, 11) is 2.20. The van der Waals surface area contributed by atoms with Gasteiger partial charge >= 0.3 is 0 Å². The maximum Gasteiger partial charge on any atom is 0.0459 e. The molecular formula is C13H28N2O. The van der Waals surface area contributed by atoms with Crippen molar-refractivity contribution in [1.82, 2.24) is 9.80 Å². The van der Waals surface area contributed by atoms with Crippen LogP contribution in [0.25, 0.3) is 0 Å². The standard InChI is InChI=1S/C13H28N2O/c1-3-13(12-16)6-4-5-7-15-10-8-14(2)9-11-15/h13,16H,3-12H2,1-2H3. The van der Waals surface area contributed by atoms with E-state index in [0.29, 0.717) is 12.5 Å². The largest absolute Gasteiger partial charge is 0.396 e. The summed E-state index contributed by atoms with van der Waals surface area (Å²) in [5, 5.41) is 9.09. The van der Waals surface area contributed by atoms with Crippen LogP contribution in [-0.2, 0) is 0 Å². The molecule has 1 heterocycles. The van der Waals surface area contributed by atoms with Gasteiger partial charge in [-0.3, -0.25) is 0 Å². The summed E-state index contributed by atoms with van der Waals surface area (Å²) in [4.78, 5) is 4.97. The Labute approximate surface area is 100 Å². The molecule has 1 unspecified atom stereocenters. The number of piperazine rings is 1. The van der Waals surface area contributed by atoms with Crippen LogP contribution in [0.1, 0.15) is 32.6 Å². The molecule has 1 aliphatic rings. The zero-order chi connectivity index (χ0) is 11.8. The Morgan fingerprint density at radius 2 is 1.81 bits per heavy atom. The van der Waals surface area contributed by atoms with E-state index in [0.717, 1.165) is 6.42 Å². The Hall–Kier alpha value is -0.120. The van der Waals surface area contributed by atoms with Crippen molar-refractivity contribution in [3.63, 3.8) is 0 Å². The molecule has 1 fully saturated rings. The molecule has 0 aromatic rings. The predicted molar refractivity (Wildman–Crippen MR) is 68.7 cm³/mol. The molecule has 1 aliphatic heterocycles. The lowest BCUT2D eigenvalue weighted by Gasteiger charge is -2.32.